The van der Waals surface area contributed by atoms with Crippen LogP contribution in [0.2, 0.25) is 0 Å². The van der Waals surface area contributed by atoms with Gasteiger partial charge in [-0.25, -0.2) is 4.39 Å². The minimum Gasteiger partial charge on any atom is -0.493 e. The van der Waals surface area contributed by atoms with Crippen molar-refractivity contribution in [2.45, 2.75) is 44.2 Å². The largest absolute Gasteiger partial charge is 0.493 e. The number of nitrogens with zero attached hydrogens (tertiary/aromatic N) is 1. The zero-order valence-electron chi connectivity index (χ0n) is 17.9. The second-order valence-corrected chi connectivity index (χ2v) is 9.33. The number of aryl methyl sites for hydroxylation is 1. The van der Waals surface area contributed by atoms with Gasteiger partial charge in [-0.05, 0) is 41.7 Å². The Kier molecular flexibility index (Phi) is 5.37. The molecule has 6 heteroatoms. The van der Waals surface area contributed by atoms with Gasteiger partial charge in [-0.3, -0.25) is 4.79 Å². The molecule has 0 bridgehead atoms. The fraction of sp³-hybridized carbons (Fsp3) is 0.375. The summed E-state index contributed by atoms with van der Waals surface area (Å²) in [5, 5.41) is 11.6. The molecular weight excluding hydrogens is 449 g/mol. The first-order valence-electron chi connectivity index (χ1n) is 10.5. The summed E-state index contributed by atoms with van der Waals surface area (Å²) in [6.07, 6.45) is 1.33. The molecule has 2 aromatic carbocycles. The van der Waals surface area contributed by atoms with Crippen LogP contribution in [0.5, 0.6) is 5.75 Å². The van der Waals surface area contributed by atoms with Crippen molar-refractivity contribution in [3.8, 4) is 5.75 Å². The van der Waals surface area contributed by atoms with Crippen molar-refractivity contribution in [3.63, 3.8) is 0 Å². The predicted octanol–water partition coefficient (Wildman–Crippen LogP) is 4.94. The molecule has 3 atom stereocenters. The summed E-state index contributed by atoms with van der Waals surface area (Å²) in [5.41, 5.74) is 1.76. The number of hydrogen-bond donors (Lipinski definition) is 1. The molecule has 4 rings (SSSR count). The van der Waals surface area contributed by atoms with E-state index in [2.05, 4.69) is 15.9 Å². The number of aromatic nitrogens is 1. The summed E-state index contributed by atoms with van der Waals surface area (Å²) in [5.74, 6) is 0.686. The molecule has 0 saturated carbocycles. The summed E-state index contributed by atoms with van der Waals surface area (Å²) in [7, 11) is 0. The van der Waals surface area contributed by atoms with E-state index in [0.29, 0.717) is 23.1 Å². The maximum absolute atomic E-state index is 14.2. The molecule has 0 fully saturated rings. The number of rotatable bonds is 6. The highest BCUT2D eigenvalue weighted by Crippen LogP contribution is 2.42. The van der Waals surface area contributed by atoms with Crippen LogP contribution in [-0.4, -0.2) is 29.0 Å². The van der Waals surface area contributed by atoms with E-state index in [1.807, 2.05) is 26.0 Å². The smallest absolute Gasteiger partial charge is 0.189 e. The third-order valence-electron chi connectivity index (χ3n) is 5.88. The molecular formula is C24H25BrFNO3. The first-order valence-corrected chi connectivity index (χ1v) is 10.8. The van der Waals surface area contributed by atoms with Gasteiger partial charge in [0.15, 0.2) is 5.43 Å². The third-order valence-corrected chi connectivity index (χ3v) is 6.34. The monoisotopic (exact) mass is 475 g/mol. The molecule has 1 aliphatic heterocycles. The van der Waals surface area contributed by atoms with E-state index in [1.165, 1.54) is 6.07 Å². The van der Waals surface area contributed by atoms with E-state index in [0.717, 1.165) is 15.6 Å². The zero-order chi connectivity index (χ0) is 22.3. The lowest BCUT2D eigenvalue weighted by Gasteiger charge is -2.33. The molecule has 3 unspecified atom stereocenters. The van der Waals surface area contributed by atoms with Crippen LogP contribution in [0.3, 0.4) is 0 Å². The van der Waals surface area contributed by atoms with Crippen molar-refractivity contribution in [2.75, 3.05) is 13.3 Å². The Labute approximate surface area is 184 Å². The second kappa shape index (κ2) is 8.16. The number of pyridine rings is 1. The Morgan fingerprint density at radius 1 is 1.33 bits per heavy atom. The Bertz CT molecular complexity index is 1180. The number of alkyl halides is 1. The minimum atomic E-state index is -1.01. The molecule has 0 amide bonds. The highest BCUT2D eigenvalue weighted by Gasteiger charge is 2.34. The van der Waals surface area contributed by atoms with E-state index in [-0.39, 0.29) is 11.8 Å². The van der Waals surface area contributed by atoms with Gasteiger partial charge in [0.05, 0.1) is 25.6 Å². The molecule has 2 heterocycles. The topological polar surface area (TPSA) is 51.5 Å². The van der Waals surface area contributed by atoms with E-state index < -0.39 is 30.8 Å². The second-order valence-electron chi connectivity index (χ2n) is 8.41. The van der Waals surface area contributed by atoms with Crippen LogP contribution in [0.15, 0.2) is 57.9 Å². The van der Waals surface area contributed by atoms with E-state index in [9.17, 15) is 14.3 Å². The molecule has 1 aromatic heterocycles. The standard InChI is InChI=1S/C24H25BrFNO3/c1-24(2,18-12-16(25)11-15-8-10-30-23(15)18)13-22(29)20(14-26)27-9-7-21(28)17-5-3-4-6-19(17)27/h3-7,9,11-12,20,22,29H,8,10,13-14H2,1-2H3/i10T. The van der Waals surface area contributed by atoms with Gasteiger partial charge in [0, 0.05) is 34.1 Å². The Morgan fingerprint density at radius 3 is 2.87 bits per heavy atom. The first-order chi connectivity index (χ1) is 14.7. The molecule has 158 valence electrons. The average Bonchev–Trinajstić information content (AvgIpc) is 3.09. The molecule has 3 aromatic rings. The maximum atomic E-state index is 14.2. The number of hydrogen-bond acceptors (Lipinski definition) is 3. The highest BCUT2D eigenvalue weighted by molar-refractivity contribution is 9.10. The van der Waals surface area contributed by atoms with Crippen molar-refractivity contribution in [2.24, 2.45) is 0 Å². The normalized spacial score (nSPS) is 18.6. The molecule has 1 N–H and O–H groups in total. The molecule has 0 aliphatic carbocycles. The van der Waals surface area contributed by atoms with Gasteiger partial charge in [0.25, 0.3) is 0 Å². The van der Waals surface area contributed by atoms with Crippen molar-refractivity contribution in [3.05, 3.63) is 74.5 Å². The van der Waals surface area contributed by atoms with Crippen molar-refractivity contribution in [1.82, 2.24) is 4.57 Å². The van der Waals surface area contributed by atoms with Crippen LogP contribution in [0.4, 0.5) is 4.39 Å². The number of halogens is 2. The SMILES string of the molecule is [3H]C1Cc2cc(Br)cc(C(C)(C)CC(O)C(CF)n3ccc(=O)c4ccccc43)c2O1. The summed E-state index contributed by atoms with van der Waals surface area (Å²) in [6.45, 7) is 2.55. The number of para-hydroxylation sites is 1. The fourth-order valence-corrected chi connectivity index (χ4v) is 4.81. The predicted molar refractivity (Wildman–Crippen MR) is 120 cm³/mol. The molecule has 0 spiro atoms. The molecule has 0 saturated heterocycles. The van der Waals surface area contributed by atoms with Crippen LogP contribution >= 0.6 is 15.9 Å². The Hall–Kier alpha value is -2.18. The fourth-order valence-electron chi connectivity index (χ4n) is 4.30. The van der Waals surface area contributed by atoms with Gasteiger partial charge in [0.2, 0.25) is 0 Å². The van der Waals surface area contributed by atoms with Gasteiger partial charge in [-0.1, -0.05) is 41.9 Å². The minimum absolute atomic E-state index is 0.133. The maximum Gasteiger partial charge on any atom is 0.189 e. The van der Waals surface area contributed by atoms with Gasteiger partial charge >= 0.3 is 0 Å². The van der Waals surface area contributed by atoms with Gasteiger partial charge < -0.3 is 14.4 Å². The van der Waals surface area contributed by atoms with Gasteiger partial charge in [-0.15, -0.1) is 0 Å². The number of benzene rings is 2. The van der Waals surface area contributed by atoms with E-state index in [4.69, 9.17) is 6.11 Å². The van der Waals surface area contributed by atoms with Crippen LogP contribution in [0.1, 0.15) is 38.8 Å². The lowest BCUT2D eigenvalue weighted by Crippen LogP contribution is -2.33. The van der Waals surface area contributed by atoms with Crippen molar-refractivity contribution < 1.29 is 15.6 Å². The summed E-state index contributed by atoms with van der Waals surface area (Å²) in [6, 6.07) is 11.5. The van der Waals surface area contributed by atoms with Crippen LogP contribution < -0.4 is 10.2 Å². The van der Waals surface area contributed by atoms with Crippen LogP contribution in [-0.2, 0) is 11.8 Å². The molecule has 4 nitrogen and oxygen atoms in total. The van der Waals surface area contributed by atoms with Crippen molar-refractivity contribution >= 4 is 26.8 Å². The number of fused-ring (bicyclic) bond motifs is 2. The van der Waals surface area contributed by atoms with Gasteiger partial charge in [0.1, 0.15) is 12.4 Å². The molecule has 30 heavy (non-hydrogen) atoms. The number of aliphatic hydroxyl groups excluding tert-OH is 1. The lowest BCUT2D eigenvalue weighted by atomic mass is 9.77. The Morgan fingerprint density at radius 2 is 2.10 bits per heavy atom. The number of ether oxygens (including phenoxy) is 1. The van der Waals surface area contributed by atoms with Crippen molar-refractivity contribution in [1.29, 1.82) is 0 Å². The first kappa shape index (κ1) is 19.8. The quantitative estimate of drug-likeness (QED) is 0.549. The summed E-state index contributed by atoms with van der Waals surface area (Å²) in [4.78, 5) is 12.2. The zero-order valence-corrected chi connectivity index (χ0v) is 18.5. The number of aliphatic hydroxyl groups is 1. The van der Waals surface area contributed by atoms with Gasteiger partial charge in [-0.2, -0.15) is 0 Å². The Balaban J connectivity index is 1.69. The summed E-state index contributed by atoms with van der Waals surface area (Å²) < 4.78 is 30.5. The van der Waals surface area contributed by atoms with Crippen LogP contribution in [0.25, 0.3) is 10.9 Å². The lowest BCUT2D eigenvalue weighted by molar-refractivity contribution is 0.0722. The molecule has 1 aliphatic rings. The highest BCUT2D eigenvalue weighted by atomic mass is 79.9. The summed E-state index contributed by atoms with van der Waals surface area (Å²) >= 11 is 3.53. The third kappa shape index (κ3) is 3.79. The average molecular weight is 476 g/mol. The van der Waals surface area contributed by atoms with Crippen LogP contribution in [0, 0.1) is 0 Å². The van der Waals surface area contributed by atoms with E-state index >= 15 is 0 Å². The van der Waals surface area contributed by atoms with E-state index in [1.54, 1.807) is 35.0 Å². The molecule has 0 radical (unpaired) electrons.